The van der Waals surface area contributed by atoms with E-state index in [0.29, 0.717) is 0 Å². The summed E-state index contributed by atoms with van der Waals surface area (Å²) in [6, 6.07) is 4.06. The van der Waals surface area contributed by atoms with Crippen molar-refractivity contribution in [3.63, 3.8) is 0 Å². The molecular weight excluding hydrogens is 208 g/mol. The molecule has 1 heterocycles. The first-order valence-electron chi connectivity index (χ1n) is 5.19. The van der Waals surface area contributed by atoms with Gasteiger partial charge in [-0.2, -0.15) is 0 Å². The predicted octanol–water partition coefficient (Wildman–Crippen LogP) is 1.25. The lowest BCUT2D eigenvalue weighted by Crippen LogP contribution is -2.21. The Morgan fingerprint density at radius 2 is 2.27 bits per heavy atom. The van der Waals surface area contributed by atoms with Crippen LogP contribution in [0.4, 0.5) is 0 Å². The largest absolute Gasteiger partial charge is 0.310 e. The van der Waals surface area contributed by atoms with Gasteiger partial charge in [0.15, 0.2) is 0 Å². The predicted molar refractivity (Wildman–Crippen MR) is 64.2 cm³/mol. The van der Waals surface area contributed by atoms with Crippen LogP contribution in [0.3, 0.4) is 0 Å². The minimum atomic E-state index is -0.671. The first kappa shape index (κ1) is 12.3. The highest BCUT2D eigenvalue weighted by Crippen LogP contribution is 1.97. The van der Waals surface area contributed by atoms with Crippen molar-refractivity contribution in [2.24, 2.45) is 0 Å². The molecule has 0 fully saturated rings. The zero-order valence-electron chi connectivity index (χ0n) is 9.32. The minimum absolute atomic E-state index is 0.671. The standard InChI is InChI=1S/C11H18N2OS/c1-3-15(14)7-6-12-9-11-5-4-10(2)8-13-11/h4-5,8,12H,3,6-7,9H2,1-2H3. The Balaban J connectivity index is 2.20. The number of nitrogens with zero attached hydrogens (tertiary/aromatic N) is 1. The van der Waals surface area contributed by atoms with Crippen molar-refractivity contribution in [2.45, 2.75) is 20.4 Å². The number of aryl methyl sites for hydroxylation is 1. The van der Waals surface area contributed by atoms with Crippen LogP contribution in [-0.4, -0.2) is 27.2 Å². The Kier molecular flexibility index (Phi) is 5.50. The van der Waals surface area contributed by atoms with Gasteiger partial charge in [0.2, 0.25) is 0 Å². The Bertz CT molecular complexity index is 311. The summed E-state index contributed by atoms with van der Waals surface area (Å²) < 4.78 is 11.1. The van der Waals surface area contributed by atoms with Crippen LogP contribution in [0.1, 0.15) is 18.2 Å². The molecule has 15 heavy (non-hydrogen) atoms. The molecule has 1 N–H and O–H groups in total. The van der Waals surface area contributed by atoms with Crippen molar-refractivity contribution in [1.82, 2.24) is 10.3 Å². The zero-order chi connectivity index (χ0) is 11.1. The van der Waals surface area contributed by atoms with Gasteiger partial charge >= 0.3 is 0 Å². The summed E-state index contributed by atoms with van der Waals surface area (Å²) in [5.74, 6) is 1.47. The third-order valence-electron chi connectivity index (χ3n) is 2.11. The van der Waals surface area contributed by atoms with Gasteiger partial charge in [-0.15, -0.1) is 0 Å². The van der Waals surface area contributed by atoms with E-state index in [0.717, 1.165) is 30.3 Å². The van der Waals surface area contributed by atoms with Gasteiger partial charge in [-0.3, -0.25) is 9.19 Å². The topological polar surface area (TPSA) is 42.0 Å². The minimum Gasteiger partial charge on any atom is -0.310 e. The highest BCUT2D eigenvalue weighted by molar-refractivity contribution is 7.84. The Labute approximate surface area is 93.8 Å². The van der Waals surface area contributed by atoms with E-state index in [1.807, 2.05) is 32.2 Å². The lowest BCUT2D eigenvalue weighted by Gasteiger charge is -2.03. The normalized spacial score (nSPS) is 12.7. The maximum atomic E-state index is 11.1. The van der Waals surface area contributed by atoms with E-state index in [2.05, 4.69) is 10.3 Å². The monoisotopic (exact) mass is 226 g/mol. The van der Waals surface area contributed by atoms with Crippen LogP contribution in [-0.2, 0) is 17.3 Å². The molecule has 0 aliphatic rings. The Hall–Kier alpha value is -0.740. The molecule has 1 aromatic heterocycles. The van der Waals surface area contributed by atoms with Crippen molar-refractivity contribution in [3.8, 4) is 0 Å². The van der Waals surface area contributed by atoms with Crippen molar-refractivity contribution in [1.29, 1.82) is 0 Å². The number of hydrogen-bond acceptors (Lipinski definition) is 3. The average Bonchev–Trinajstić information content (AvgIpc) is 2.26. The second kappa shape index (κ2) is 6.69. The molecular formula is C11H18N2OS. The molecule has 4 heteroatoms. The zero-order valence-corrected chi connectivity index (χ0v) is 10.1. The van der Waals surface area contributed by atoms with Crippen LogP contribution >= 0.6 is 0 Å². The fourth-order valence-electron chi connectivity index (χ4n) is 1.15. The highest BCUT2D eigenvalue weighted by Gasteiger charge is 1.96. The maximum absolute atomic E-state index is 11.1. The smallest absolute Gasteiger partial charge is 0.0541 e. The van der Waals surface area contributed by atoms with Gasteiger partial charge in [-0.25, -0.2) is 0 Å². The molecule has 0 saturated heterocycles. The molecule has 0 aliphatic heterocycles. The molecule has 0 spiro atoms. The molecule has 84 valence electrons. The maximum Gasteiger partial charge on any atom is 0.0541 e. The molecule has 0 amide bonds. The molecule has 0 aromatic carbocycles. The fourth-order valence-corrected chi connectivity index (χ4v) is 1.81. The summed E-state index contributed by atoms with van der Waals surface area (Å²) in [4.78, 5) is 4.28. The van der Waals surface area contributed by atoms with Crippen LogP contribution in [0.2, 0.25) is 0 Å². The van der Waals surface area contributed by atoms with E-state index in [9.17, 15) is 4.21 Å². The van der Waals surface area contributed by atoms with Crippen LogP contribution < -0.4 is 5.32 Å². The second-order valence-corrected chi connectivity index (χ2v) is 5.30. The van der Waals surface area contributed by atoms with Gasteiger partial charge in [0.1, 0.15) is 0 Å². The van der Waals surface area contributed by atoms with Crippen molar-refractivity contribution in [2.75, 3.05) is 18.1 Å². The lowest BCUT2D eigenvalue weighted by molar-refractivity contribution is 0.671. The lowest BCUT2D eigenvalue weighted by atomic mass is 10.3. The van der Waals surface area contributed by atoms with Crippen molar-refractivity contribution < 1.29 is 4.21 Å². The first-order chi connectivity index (χ1) is 7.22. The van der Waals surface area contributed by atoms with Gasteiger partial charge in [0.05, 0.1) is 5.69 Å². The van der Waals surface area contributed by atoms with E-state index < -0.39 is 10.8 Å². The molecule has 0 saturated carbocycles. The molecule has 3 nitrogen and oxygen atoms in total. The first-order valence-corrected chi connectivity index (χ1v) is 6.68. The molecule has 1 rings (SSSR count). The number of aromatic nitrogens is 1. The summed E-state index contributed by atoms with van der Waals surface area (Å²) in [7, 11) is -0.671. The van der Waals surface area contributed by atoms with Gasteiger partial charge in [-0.1, -0.05) is 13.0 Å². The van der Waals surface area contributed by atoms with Gasteiger partial charge in [0.25, 0.3) is 0 Å². The number of hydrogen-bond donors (Lipinski definition) is 1. The van der Waals surface area contributed by atoms with E-state index in [4.69, 9.17) is 0 Å². The van der Waals surface area contributed by atoms with Crippen LogP contribution in [0.5, 0.6) is 0 Å². The van der Waals surface area contributed by atoms with Crippen LogP contribution in [0.15, 0.2) is 18.3 Å². The Morgan fingerprint density at radius 1 is 1.47 bits per heavy atom. The second-order valence-electron chi connectivity index (χ2n) is 3.44. The summed E-state index contributed by atoms with van der Waals surface area (Å²) in [5.41, 5.74) is 2.20. The third-order valence-corrected chi connectivity index (χ3v) is 3.41. The quantitative estimate of drug-likeness (QED) is 0.742. The van der Waals surface area contributed by atoms with Crippen molar-refractivity contribution >= 4 is 10.8 Å². The van der Waals surface area contributed by atoms with Crippen molar-refractivity contribution in [3.05, 3.63) is 29.6 Å². The van der Waals surface area contributed by atoms with Gasteiger partial charge < -0.3 is 5.32 Å². The molecule has 1 unspecified atom stereocenters. The summed E-state index contributed by atoms with van der Waals surface area (Å²) >= 11 is 0. The Morgan fingerprint density at radius 3 is 2.87 bits per heavy atom. The molecule has 0 radical (unpaired) electrons. The van der Waals surface area contributed by atoms with Crippen LogP contribution in [0.25, 0.3) is 0 Å². The van der Waals surface area contributed by atoms with E-state index >= 15 is 0 Å². The average molecular weight is 226 g/mol. The number of rotatable bonds is 6. The molecule has 0 aliphatic carbocycles. The number of pyridine rings is 1. The summed E-state index contributed by atoms with van der Waals surface area (Å²) in [6.07, 6.45) is 1.86. The molecule has 1 aromatic rings. The molecule has 0 bridgehead atoms. The van der Waals surface area contributed by atoms with E-state index in [-0.39, 0.29) is 0 Å². The van der Waals surface area contributed by atoms with E-state index in [1.54, 1.807) is 0 Å². The summed E-state index contributed by atoms with van der Waals surface area (Å²) in [5, 5.41) is 3.23. The van der Waals surface area contributed by atoms with Crippen LogP contribution in [0, 0.1) is 6.92 Å². The molecule has 1 atom stereocenters. The fraction of sp³-hybridized carbons (Fsp3) is 0.545. The SMILES string of the molecule is CCS(=O)CCNCc1ccc(C)cn1. The van der Waals surface area contributed by atoms with Gasteiger partial charge in [0, 0.05) is 41.6 Å². The van der Waals surface area contributed by atoms with Gasteiger partial charge in [-0.05, 0) is 18.6 Å². The van der Waals surface area contributed by atoms with E-state index in [1.165, 1.54) is 5.56 Å². The third kappa shape index (κ3) is 5.04. The number of nitrogens with one attached hydrogen (secondary N) is 1. The highest BCUT2D eigenvalue weighted by atomic mass is 32.2. The summed E-state index contributed by atoms with van der Waals surface area (Å²) in [6.45, 7) is 5.50.